The number of hydrogen-bond acceptors (Lipinski definition) is 2. The summed E-state index contributed by atoms with van der Waals surface area (Å²) >= 11 is 0. The van der Waals surface area contributed by atoms with Crippen LogP contribution in [-0.4, -0.2) is 17.9 Å². The van der Waals surface area contributed by atoms with E-state index in [1.165, 1.54) is 0 Å². The van der Waals surface area contributed by atoms with Gasteiger partial charge in [0.25, 0.3) is 5.91 Å². The van der Waals surface area contributed by atoms with Gasteiger partial charge in [0.2, 0.25) is 5.91 Å². The summed E-state index contributed by atoms with van der Waals surface area (Å²) in [6, 6.07) is 12.7. The van der Waals surface area contributed by atoms with Crippen molar-refractivity contribution in [1.29, 1.82) is 0 Å². The van der Waals surface area contributed by atoms with Crippen LogP contribution in [0.1, 0.15) is 47.3 Å². The maximum absolute atomic E-state index is 12.8. The molecule has 138 valence electrons. The Kier molecular flexibility index (Phi) is 6.56. The molecule has 2 N–H and O–H groups in total. The Morgan fingerprint density at radius 2 is 1.65 bits per heavy atom. The van der Waals surface area contributed by atoms with Crippen LogP contribution >= 0.6 is 0 Å². The van der Waals surface area contributed by atoms with Crippen molar-refractivity contribution in [3.8, 4) is 0 Å². The molecule has 0 aliphatic rings. The molecule has 0 bridgehead atoms. The molecule has 0 saturated carbocycles. The van der Waals surface area contributed by atoms with Crippen LogP contribution in [0.3, 0.4) is 0 Å². The summed E-state index contributed by atoms with van der Waals surface area (Å²) < 4.78 is 0. The van der Waals surface area contributed by atoms with Crippen molar-refractivity contribution in [2.45, 2.75) is 47.1 Å². The number of carbonyl (C=O) groups is 2. The highest BCUT2D eigenvalue weighted by molar-refractivity contribution is 6.02. The van der Waals surface area contributed by atoms with Crippen molar-refractivity contribution in [2.75, 3.05) is 5.32 Å². The highest BCUT2D eigenvalue weighted by Gasteiger charge is 2.23. The molecule has 0 aromatic heterocycles. The van der Waals surface area contributed by atoms with E-state index in [-0.39, 0.29) is 17.7 Å². The zero-order valence-corrected chi connectivity index (χ0v) is 16.2. The van der Waals surface area contributed by atoms with Gasteiger partial charge >= 0.3 is 0 Å². The van der Waals surface area contributed by atoms with Gasteiger partial charge in [0.1, 0.15) is 6.04 Å². The number of hydrogen-bond donors (Lipinski definition) is 2. The minimum atomic E-state index is -0.581. The lowest BCUT2D eigenvalue weighted by Crippen LogP contribution is -2.44. The van der Waals surface area contributed by atoms with E-state index in [0.717, 1.165) is 22.4 Å². The zero-order valence-electron chi connectivity index (χ0n) is 16.2. The van der Waals surface area contributed by atoms with Crippen LogP contribution in [0.5, 0.6) is 0 Å². The van der Waals surface area contributed by atoms with Gasteiger partial charge in [-0.3, -0.25) is 9.59 Å². The molecule has 4 heteroatoms. The number of anilines is 1. The van der Waals surface area contributed by atoms with E-state index in [9.17, 15) is 9.59 Å². The van der Waals surface area contributed by atoms with E-state index < -0.39 is 6.04 Å². The third-order valence-electron chi connectivity index (χ3n) is 4.36. The molecule has 0 fully saturated rings. The molecule has 0 heterocycles. The first-order valence-electron chi connectivity index (χ1n) is 9.02. The number of amides is 2. The van der Waals surface area contributed by atoms with Gasteiger partial charge in [0, 0.05) is 11.3 Å². The fraction of sp³-hybridized carbons (Fsp3) is 0.364. The van der Waals surface area contributed by atoms with E-state index >= 15 is 0 Å². The number of nitrogens with one attached hydrogen (secondary N) is 2. The average Bonchev–Trinajstić information content (AvgIpc) is 2.56. The van der Waals surface area contributed by atoms with Gasteiger partial charge in [-0.2, -0.15) is 0 Å². The van der Waals surface area contributed by atoms with E-state index in [4.69, 9.17) is 0 Å². The van der Waals surface area contributed by atoms with Crippen LogP contribution in [0.15, 0.2) is 42.5 Å². The maximum atomic E-state index is 12.8. The molecule has 0 aliphatic carbocycles. The molecular weight excluding hydrogens is 324 g/mol. The Hall–Kier alpha value is -2.62. The Bertz CT molecular complexity index is 796. The van der Waals surface area contributed by atoms with Gasteiger partial charge in [0.15, 0.2) is 0 Å². The SMILES string of the molecule is Cc1ccc(NC(=O)C(CC(C)C)NC(=O)c2ccccc2C)c(C)c1. The molecule has 2 aromatic carbocycles. The first-order chi connectivity index (χ1) is 12.3. The Balaban J connectivity index is 2.16. The predicted octanol–water partition coefficient (Wildman–Crippen LogP) is 4.40. The van der Waals surface area contributed by atoms with Crippen molar-refractivity contribution in [3.05, 3.63) is 64.7 Å². The smallest absolute Gasteiger partial charge is 0.252 e. The van der Waals surface area contributed by atoms with Gasteiger partial charge in [-0.1, -0.05) is 49.7 Å². The summed E-state index contributed by atoms with van der Waals surface area (Å²) in [5, 5.41) is 5.87. The van der Waals surface area contributed by atoms with Crippen molar-refractivity contribution in [3.63, 3.8) is 0 Å². The molecule has 2 rings (SSSR count). The number of carbonyl (C=O) groups excluding carboxylic acids is 2. The van der Waals surface area contributed by atoms with E-state index in [2.05, 4.69) is 10.6 Å². The van der Waals surface area contributed by atoms with Crippen molar-refractivity contribution in [2.24, 2.45) is 5.92 Å². The average molecular weight is 352 g/mol. The minimum Gasteiger partial charge on any atom is -0.340 e. The summed E-state index contributed by atoms with van der Waals surface area (Å²) in [5.41, 5.74) is 4.42. The molecular formula is C22H28N2O2. The fourth-order valence-corrected chi connectivity index (χ4v) is 2.94. The number of aryl methyl sites for hydroxylation is 3. The van der Waals surface area contributed by atoms with Crippen LogP contribution in [0.25, 0.3) is 0 Å². The summed E-state index contributed by atoms with van der Waals surface area (Å²) in [7, 11) is 0. The summed E-state index contributed by atoms with van der Waals surface area (Å²) in [6.07, 6.45) is 0.578. The molecule has 2 aromatic rings. The highest BCUT2D eigenvalue weighted by Crippen LogP contribution is 2.17. The van der Waals surface area contributed by atoms with Crippen molar-refractivity contribution >= 4 is 17.5 Å². The molecule has 0 radical (unpaired) electrons. The molecule has 0 spiro atoms. The topological polar surface area (TPSA) is 58.2 Å². The van der Waals surface area contributed by atoms with Gasteiger partial charge in [-0.05, 0) is 56.4 Å². The molecule has 4 nitrogen and oxygen atoms in total. The molecule has 26 heavy (non-hydrogen) atoms. The van der Waals surface area contributed by atoms with Gasteiger partial charge in [0.05, 0.1) is 0 Å². The molecule has 1 unspecified atom stereocenters. The monoisotopic (exact) mass is 352 g/mol. The van der Waals surface area contributed by atoms with E-state index in [1.807, 2.05) is 71.0 Å². The molecule has 0 aliphatic heterocycles. The molecule has 2 amide bonds. The Labute approximate surface area is 156 Å². The third-order valence-corrected chi connectivity index (χ3v) is 4.36. The third kappa shape index (κ3) is 5.19. The predicted molar refractivity (Wildman–Crippen MR) is 106 cm³/mol. The van der Waals surface area contributed by atoms with Crippen LogP contribution in [0.4, 0.5) is 5.69 Å². The summed E-state index contributed by atoms with van der Waals surface area (Å²) in [4.78, 5) is 25.4. The van der Waals surface area contributed by atoms with Crippen LogP contribution in [0.2, 0.25) is 0 Å². The lowest BCUT2D eigenvalue weighted by molar-refractivity contribution is -0.118. The summed E-state index contributed by atoms with van der Waals surface area (Å²) in [5.74, 6) is -0.126. The zero-order chi connectivity index (χ0) is 19.3. The quantitative estimate of drug-likeness (QED) is 0.810. The van der Waals surface area contributed by atoms with Crippen LogP contribution in [-0.2, 0) is 4.79 Å². The number of rotatable bonds is 6. The minimum absolute atomic E-state index is 0.187. The van der Waals surface area contributed by atoms with Gasteiger partial charge in [-0.15, -0.1) is 0 Å². The fourth-order valence-electron chi connectivity index (χ4n) is 2.94. The maximum Gasteiger partial charge on any atom is 0.252 e. The van der Waals surface area contributed by atoms with Crippen molar-refractivity contribution in [1.82, 2.24) is 5.32 Å². The first-order valence-corrected chi connectivity index (χ1v) is 9.02. The van der Waals surface area contributed by atoms with Crippen LogP contribution < -0.4 is 10.6 Å². The van der Waals surface area contributed by atoms with Crippen LogP contribution in [0, 0.1) is 26.7 Å². The highest BCUT2D eigenvalue weighted by atomic mass is 16.2. The second kappa shape index (κ2) is 8.65. The normalized spacial score (nSPS) is 11.9. The molecule has 1 atom stereocenters. The second-order valence-corrected chi connectivity index (χ2v) is 7.28. The van der Waals surface area contributed by atoms with Gasteiger partial charge < -0.3 is 10.6 Å². The Morgan fingerprint density at radius 3 is 2.27 bits per heavy atom. The molecule has 0 saturated heterocycles. The first kappa shape index (κ1) is 19.7. The Morgan fingerprint density at radius 1 is 0.962 bits per heavy atom. The van der Waals surface area contributed by atoms with E-state index in [1.54, 1.807) is 6.07 Å². The lowest BCUT2D eigenvalue weighted by atomic mass is 10.0. The van der Waals surface area contributed by atoms with E-state index in [0.29, 0.717) is 12.0 Å². The largest absolute Gasteiger partial charge is 0.340 e. The number of benzene rings is 2. The van der Waals surface area contributed by atoms with Gasteiger partial charge in [-0.25, -0.2) is 0 Å². The second-order valence-electron chi connectivity index (χ2n) is 7.28. The lowest BCUT2D eigenvalue weighted by Gasteiger charge is -2.21. The summed E-state index contributed by atoms with van der Waals surface area (Å²) in [6.45, 7) is 9.95. The van der Waals surface area contributed by atoms with Crippen molar-refractivity contribution < 1.29 is 9.59 Å². The standard InChI is InChI=1S/C22H28N2O2/c1-14(2)12-20(24-21(25)18-9-7-6-8-16(18)4)22(26)23-19-11-10-15(3)13-17(19)5/h6-11,13-14,20H,12H2,1-5H3,(H,23,26)(H,24,25).